The van der Waals surface area contributed by atoms with Gasteiger partial charge in [0.05, 0.1) is 13.2 Å². The quantitative estimate of drug-likeness (QED) is 0.259. The van der Waals surface area contributed by atoms with Crippen molar-refractivity contribution in [2.75, 3.05) is 13.2 Å². The van der Waals surface area contributed by atoms with Crippen LogP contribution >= 0.6 is 11.3 Å². The smallest absolute Gasteiger partial charge is 0.334 e. The first kappa shape index (κ1) is 12.3. The summed E-state index contributed by atoms with van der Waals surface area (Å²) in [5, 5.41) is 5.28. The fourth-order valence-corrected chi connectivity index (χ4v) is 1.73. The van der Waals surface area contributed by atoms with Gasteiger partial charge in [-0.1, -0.05) is 11.2 Å². The van der Waals surface area contributed by atoms with Crippen molar-refractivity contribution in [2.24, 2.45) is 5.11 Å². The summed E-state index contributed by atoms with van der Waals surface area (Å²) in [6, 6.07) is 3.76. The van der Waals surface area contributed by atoms with Crippen molar-refractivity contribution in [2.45, 2.75) is 6.92 Å². The molecule has 0 aliphatic heterocycles. The summed E-state index contributed by atoms with van der Waals surface area (Å²) in [4.78, 5) is 15.1. The fraction of sp³-hybridized carbons (Fsp3) is 0.300. The third-order valence-corrected chi connectivity index (χ3v) is 2.52. The molecule has 1 aromatic rings. The van der Waals surface area contributed by atoms with Gasteiger partial charge < -0.3 is 4.74 Å². The highest BCUT2D eigenvalue weighted by Gasteiger charge is 2.09. The van der Waals surface area contributed by atoms with Gasteiger partial charge in [0.2, 0.25) is 0 Å². The maximum absolute atomic E-state index is 11.5. The number of hydrogen-bond acceptors (Lipinski definition) is 4. The summed E-state index contributed by atoms with van der Waals surface area (Å²) in [5.41, 5.74) is 8.60. The zero-order chi connectivity index (χ0) is 11.8. The Morgan fingerprint density at radius 3 is 3.12 bits per heavy atom. The van der Waals surface area contributed by atoms with Crippen molar-refractivity contribution in [3.63, 3.8) is 0 Å². The molecule has 0 aromatic carbocycles. The van der Waals surface area contributed by atoms with Crippen LogP contribution in [0, 0.1) is 0 Å². The maximum atomic E-state index is 11.5. The molecule has 0 unspecified atom stereocenters. The molecular weight excluding hydrogens is 226 g/mol. The number of hydrogen-bond donors (Lipinski definition) is 0. The highest BCUT2D eigenvalue weighted by molar-refractivity contribution is 7.10. The molecule has 0 saturated carbocycles. The highest BCUT2D eigenvalue weighted by Crippen LogP contribution is 2.14. The zero-order valence-corrected chi connectivity index (χ0v) is 9.61. The topological polar surface area (TPSA) is 75.1 Å². The van der Waals surface area contributed by atoms with Crippen molar-refractivity contribution in [1.82, 2.24) is 0 Å². The molecule has 84 valence electrons. The van der Waals surface area contributed by atoms with E-state index in [1.165, 1.54) is 11.3 Å². The minimum absolute atomic E-state index is 0.00718. The van der Waals surface area contributed by atoms with Gasteiger partial charge in [-0.15, -0.1) is 11.3 Å². The number of nitrogens with zero attached hydrogens (tertiary/aromatic N) is 3. The first-order valence-corrected chi connectivity index (χ1v) is 5.58. The number of rotatable bonds is 5. The molecule has 0 bridgehead atoms. The Hall–Kier alpha value is -1.78. The third kappa shape index (κ3) is 3.76. The molecule has 5 nitrogen and oxygen atoms in total. The number of ether oxygens (including phenoxy) is 1. The van der Waals surface area contributed by atoms with Gasteiger partial charge in [-0.25, -0.2) is 4.79 Å². The summed E-state index contributed by atoms with van der Waals surface area (Å²) in [6.07, 6.45) is 1.68. The molecule has 0 aliphatic carbocycles. The van der Waals surface area contributed by atoms with E-state index in [1.54, 1.807) is 13.0 Å². The SMILES string of the molecule is CCOC(=O)/C(=C/c1cccs1)CN=[N+]=[N-]. The molecule has 0 saturated heterocycles. The largest absolute Gasteiger partial charge is 0.463 e. The molecule has 1 aromatic heterocycles. The second-order valence-corrected chi connectivity index (χ2v) is 3.77. The van der Waals surface area contributed by atoms with Gasteiger partial charge in [0.1, 0.15) is 0 Å². The van der Waals surface area contributed by atoms with E-state index < -0.39 is 5.97 Å². The van der Waals surface area contributed by atoms with Crippen LogP contribution < -0.4 is 0 Å². The Balaban J connectivity index is 2.86. The van der Waals surface area contributed by atoms with Gasteiger partial charge in [-0.2, -0.15) is 0 Å². The lowest BCUT2D eigenvalue weighted by molar-refractivity contribution is -0.138. The summed E-state index contributed by atoms with van der Waals surface area (Å²) in [5.74, 6) is -0.441. The van der Waals surface area contributed by atoms with Gasteiger partial charge in [0.15, 0.2) is 0 Å². The van der Waals surface area contributed by atoms with Crippen LogP contribution in [0.15, 0.2) is 28.2 Å². The Morgan fingerprint density at radius 2 is 2.56 bits per heavy atom. The van der Waals surface area contributed by atoms with Gasteiger partial charge >= 0.3 is 5.97 Å². The zero-order valence-electron chi connectivity index (χ0n) is 8.79. The molecule has 0 spiro atoms. The van der Waals surface area contributed by atoms with Crippen LogP contribution in [0.4, 0.5) is 0 Å². The summed E-state index contributed by atoms with van der Waals surface area (Å²) in [6.45, 7) is 2.04. The highest BCUT2D eigenvalue weighted by atomic mass is 32.1. The first-order valence-electron chi connectivity index (χ1n) is 4.70. The molecule has 0 amide bonds. The van der Waals surface area contributed by atoms with Crippen LogP contribution in [0.2, 0.25) is 0 Å². The number of thiophene rings is 1. The van der Waals surface area contributed by atoms with Crippen LogP contribution in [0.5, 0.6) is 0 Å². The van der Waals surface area contributed by atoms with Crippen LogP contribution in [0.1, 0.15) is 11.8 Å². The molecule has 0 aliphatic rings. The second-order valence-electron chi connectivity index (χ2n) is 2.79. The lowest BCUT2D eigenvalue weighted by Crippen LogP contribution is -2.09. The van der Waals surface area contributed by atoms with E-state index in [0.717, 1.165) is 4.88 Å². The lowest BCUT2D eigenvalue weighted by atomic mass is 10.2. The van der Waals surface area contributed by atoms with E-state index in [9.17, 15) is 4.79 Å². The Morgan fingerprint density at radius 1 is 1.75 bits per heavy atom. The molecule has 1 rings (SSSR count). The van der Waals surface area contributed by atoms with Gasteiger partial charge in [0.25, 0.3) is 0 Å². The average Bonchev–Trinajstić information content (AvgIpc) is 2.77. The molecule has 6 heteroatoms. The van der Waals surface area contributed by atoms with Gasteiger partial charge in [0, 0.05) is 15.4 Å². The molecule has 0 atom stereocenters. The lowest BCUT2D eigenvalue weighted by Gasteiger charge is -2.03. The Labute approximate surface area is 97.0 Å². The van der Waals surface area contributed by atoms with E-state index in [0.29, 0.717) is 12.2 Å². The molecular formula is C10H11N3O2S. The van der Waals surface area contributed by atoms with Crippen LogP contribution in [0.25, 0.3) is 16.5 Å². The predicted molar refractivity (Wildman–Crippen MR) is 62.9 cm³/mol. The molecule has 1 heterocycles. The summed E-state index contributed by atoms with van der Waals surface area (Å²) >= 11 is 1.50. The van der Waals surface area contributed by atoms with E-state index in [2.05, 4.69) is 10.0 Å². The molecule has 16 heavy (non-hydrogen) atoms. The van der Waals surface area contributed by atoms with E-state index in [1.807, 2.05) is 17.5 Å². The maximum Gasteiger partial charge on any atom is 0.334 e. The van der Waals surface area contributed by atoms with Gasteiger partial charge in [-0.05, 0) is 30.0 Å². The number of carbonyl (C=O) groups is 1. The van der Waals surface area contributed by atoms with Crippen molar-refractivity contribution >= 4 is 23.4 Å². The van der Waals surface area contributed by atoms with E-state index in [-0.39, 0.29) is 6.54 Å². The standard InChI is InChI=1S/C10H11N3O2S/c1-2-15-10(14)8(7-12-13-11)6-9-4-3-5-16-9/h3-6H,2,7H2,1H3/b8-6+. The predicted octanol–water partition coefficient (Wildman–Crippen LogP) is 3.00. The molecule has 0 fully saturated rings. The van der Waals surface area contributed by atoms with Crippen LogP contribution in [0.3, 0.4) is 0 Å². The Bertz CT molecular complexity index is 419. The van der Waals surface area contributed by atoms with Crippen molar-refractivity contribution in [1.29, 1.82) is 0 Å². The summed E-state index contributed by atoms with van der Waals surface area (Å²) in [7, 11) is 0. The van der Waals surface area contributed by atoms with E-state index >= 15 is 0 Å². The third-order valence-electron chi connectivity index (χ3n) is 1.70. The second kappa shape index (κ2) is 6.66. The Kier molecular flexibility index (Phi) is 5.11. The normalized spacial score (nSPS) is 10.7. The van der Waals surface area contributed by atoms with E-state index in [4.69, 9.17) is 10.3 Å². The molecule has 0 radical (unpaired) electrons. The van der Waals surface area contributed by atoms with Crippen LogP contribution in [-0.4, -0.2) is 19.1 Å². The van der Waals surface area contributed by atoms with Crippen molar-refractivity contribution in [3.8, 4) is 0 Å². The average molecular weight is 237 g/mol. The monoisotopic (exact) mass is 237 g/mol. The number of carbonyl (C=O) groups excluding carboxylic acids is 1. The van der Waals surface area contributed by atoms with Crippen molar-refractivity contribution < 1.29 is 9.53 Å². The number of esters is 1. The van der Waals surface area contributed by atoms with Gasteiger partial charge in [-0.3, -0.25) is 0 Å². The minimum Gasteiger partial charge on any atom is -0.463 e. The van der Waals surface area contributed by atoms with Crippen molar-refractivity contribution in [3.05, 3.63) is 38.4 Å². The minimum atomic E-state index is -0.441. The van der Waals surface area contributed by atoms with Crippen LogP contribution in [-0.2, 0) is 9.53 Å². The number of azide groups is 1. The summed E-state index contributed by atoms with van der Waals surface area (Å²) < 4.78 is 4.86. The molecule has 0 N–H and O–H groups in total. The fourth-order valence-electron chi connectivity index (χ4n) is 1.05. The first-order chi connectivity index (χ1) is 7.77.